The summed E-state index contributed by atoms with van der Waals surface area (Å²) in [4.78, 5) is 8.89. The molecule has 6 heteroatoms. The lowest BCUT2D eigenvalue weighted by Gasteiger charge is -1.97. The molecule has 0 aliphatic rings. The van der Waals surface area contributed by atoms with Crippen LogP contribution in [0.4, 0.5) is 0 Å². The van der Waals surface area contributed by atoms with Gasteiger partial charge in [0.2, 0.25) is 5.89 Å². The maximum absolute atomic E-state index is 8.82. The summed E-state index contributed by atoms with van der Waals surface area (Å²) in [6.45, 7) is 0. The molecule has 0 radical (unpaired) electrons. The second-order valence-corrected chi connectivity index (χ2v) is 5.74. The summed E-state index contributed by atoms with van der Waals surface area (Å²) in [5, 5.41) is 12.8. The molecule has 0 aliphatic heterocycles. The molecule has 4 rings (SSSR count). The van der Waals surface area contributed by atoms with Gasteiger partial charge < -0.3 is 8.94 Å². The Morgan fingerprint density at radius 3 is 2.62 bits per heavy atom. The number of hydrogen-bond donors (Lipinski definition) is 0. The van der Waals surface area contributed by atoms with Crippen molar-refractivity contribution in [3.63, 3.8) is 0 Å². The van der Waals surface area contributed by atoms with E-state index in [1.54, 1.807) is 6.26 Å². The Hall–Kier alpha value is -3.72. The Balaban J connectivity index is 1.52. The highest BCUT2D eigenvalue weighted by Crippen LogP contribution is 2.21. The van der Waals surface area contributed by atoms with Crippen LogP contribution >= 0.6 is 0 Å². The van der Waals surface area contributed by atoms with Crippen molar-refractivity contribution < 1.29 is 8.94 Å². The van der Waals surface area contributed by atoms with E-state index in [-0.39, 0.29) is 0 Å². The minimum Gasteiger partial charge on any atom is -0.444 e. The van der Waals surface area contributed by atoms with Gasteiger partial charge in [0.25, 0.3) is 5.89 Å². The fraction of sp³-hybridized carbons (Fsp3) is 0.100. The van der Waals surface area contributed by atoms with Crippen LogP contribution in [0.25, 0.3) is 22.9 Å². The molecule has 6 nitrogen and oxygen atoms in total. The molecular weight excluding hydrogens is 328 g/mol. The van der Waals surface area contributed by atoms with Crippen LogP contribution in [0.15, 0.2) is 69.8 Å². The summed E-state index contributed by atoms with van der Waals surface area (Å²) in [5.41, 5.74) is 3.35. The molecule has 0 atom stereocenters. The van der Waals surface area contributed by atoms with Gasteiger partial charge in [0, 0.05) is 11.1 Å². The molecule has 2 heterocycles. The van der Waals surface area contributed by atoms with Gasteiger partial charge in [-0.2, -0.15) is 10.2 Å². The number of nitrogens with zero attached hydrogens (tertiary/aromatic N) is 4. The third kappa shape index (κ3) is 3.37. The van der Waals surface area contributed by atoms with Gasteiger partial charge in [0.05, 0.1) is 24.6 Å². The molecule has 26 heavy (non-hydrogen) atoms. The average Bonchev–Trinajstić information content (AvgIpc) is 3.33. The molecule has 0 bridgehead atoms. The molecule has 0 amide bonds. The Bertz CT molecular complexity index is 1060. The molecular formula is C20H14N4O2. The van der Waals surface area contributed by atoms with E-state index in [2.05, 4.69) is 21.2 Å². The predicted molar refractivity (Wildman–Crippen MR) is 93.8 cm³/mol. The molecule has 0 aliphatic carbocycles. The molecule has 0 saturated carbocycles. The van der Waals surface area contributed by atoms with Crippen molar-refractivity contribution in [3.8, 4) is 29.0 Å². The fourth-order valence-corrected chi connectivity index (χ4v) is 2.61. The predicted octanol–water partition coefficient (Wildman–Crippen LogP) is 4.05. The highest BCUT2D eigenvalue weighted by molar-refractivity contribution is 5.54. The summed E-state index contributed by atoms with van der Waals surface area (Å²) in [5.74, 6) is 1.51. The van der Waals surface area contributed by atoms with Gasteiger partial charge in [-0.15, -0.1) is 0 Å². The van der Waals surface area contributed by atoms with Crippen molar-refractivity contribution in [1.82, 2.24) is 15.1 Å². The number of rotatable bonds is 5. The van der Waals surface area contributed by atoms with Crippen molar-refractivity contribution in [2.75, 3.05) is 0 Å². The third-order valence-electron chi connectivity index (χ3n) is 3.84. The van der Waals surface area contributed by atoms with Crippen LogP contribution in [0.5, 0.6) is 0 Å². The van der Waals surface area contributed by atoms with E-state index in [1.807, 2.05) is 54.6 Å². The van der Waals surface area contributed by atoms with Crippen LogP contribution in [-0.4, -0.2) is 15.1 Å². The van der Waals surface area contributed by atoms with E-state index < -0.39 is 0 Å². The van der Waals surface area contributed by atoms with Crippen molar-refractivity contribution in [2.45, 2.75) is 12.8 Å². The Kier molecular flexibility index (Phi) is 4.27. The van der Waals surface area contributed by atoms with Gasteiger partial charge in [0.1, 0.15) is 6.26 Å². The smallest absolute Gasteiger partial charge is 0.257 e. The number of nitriles is 1. The molecule has 0 saturated heterocycles. The van der Waals surface area contributed by atoms with Crippen molar-refractivity contribution in [2.24, 2.45) is 0 Å². The Labute approximate surface area is 149 Å². The molecule has 0 unspecified atom stereocenters. The number of hydrogen-bond acceptors (Lipinski definition) is 6. The van der Waals surface area contributed by atoms with Gasteiger partial charge in [-0.3, -0.25) is 0 Å². The monoisotopic (exact) mass is 342 g/mol. The minimum absolute atomic E-state index is 0.343. The quantitative estimate of drug-likeness (QED) is 0.543. The molecule has 2 aromatic heterocycles. The lowest BCUT2D eigenvalue weighted by molar-refractivity contribution is 0.423. The van der Waals surface area contributed by atoms with Crippen LogP contribution in [0.2, 0.25) is 0 Å². The molecule has 4 aromatic rings. The topological polar surface area (TPSA) is 88.7 Å². The van der Waals surface area contributed by atoms with Gasteiger partial charge in [-0.05, 0) is 29.8 Å². The maximum atomic E-state index is 8.82. The van der Waals surface area contributed by atoms with Crippen LogP contribution < -0.4 is 0 Å². The van der Waals surface area contributed by atoms with Gasteiger partial charge in [0.15, 0.2) is 5.82 Å². The maximum Gasteiger partial charge on any atom is 0.257 e. The zero-order valence-electron chi connectivity index (χ0n) is 13.8. The SMILES string of the molecule is N#CCc1cccc(-c2nc(Cc3coc(-c4ccccc4)n3)no2)c1. The molecule has 0 N–H and O–H groups in total. The van der Waals surface area contributed by atoms with E-state index in [1.165, 1.54) is 0 Å². The molecule has 0 fully saturated rings. The summed E-state index contributed by atoms with van der Waals surface area (Å²) in [6.07, 6.45) is 2.36. The normalized spacial score (nSPS) is 10.6. The third-order valence-corrected chi connectivity index (χ3v) is 3.84. The zero-order valence-corrected chi connectivity index (χ0v) is 13.8. The van der Waals surface area contributed by atoms with Crippen LogP contribution in [0.3, 0.4) is 0 Å². The Morgan fingerprint density at radius 1 is 0.923 bits per heavy atom. The van der Waals surface area contributed by atoms with Crippen molar-refractivity contribution >= 4 is 0 Å². The van der Waals surface area contributed by atoms with Gasteiger partial charge >= 0.3 is 0 Å². The first kappa shape index (κ1) is 15.8. The molecule has 2 aromatic carbocycles. The number of aromatic nitrogens is 3. The van der Waals surface area contributed by atoms with E-state index in [0.717, 1.165) is 22.4 Å². The molecule has 0 spiro atoms. The van der Waals surface area contributed by atoms with E-state index in [9.17, 15) is 0 Å². The second-order valence-electron chi connectivity index (χ2n) is 5.74. The van der Waals surface area contributed by atoms with E-state index >= 15 is 0 Å². The minimum atomic E-state index is 0.343. The van der Waals surface area contributed by atoms with Crippen molar-refractivity contribution in [1.29, 1.82) is 5.26 Å². The Morgan fingerprint density at radius 2 is 1.77 bits per heavy atom. The standard InChI is InChI=1S/C20H14N4O2/c21-10-9-14-5-4-8-16(11-14)20-23-18(24-26-20)12-17-13-25-19(22-17)15-6-2-1-3-7-15/h1-8,11,13H,9,12H2. The van der Waals surface area contributed by atoms with Crippen LogP contribution in [-0.2, 0) is 12.8 Å². The van der Waals surface area contributed by atoms with Gasteiger partial charge in [-0.1, -0.05) is 35.5 Å². The lowest BCUT2D eigenvalue weighted by atomic mass is 10.1. The van der Waals surface area contributed by atoms with Crippen LogP contribution in [0.1, 0.15) is 17.1 Å². The first-order chi connectivity index (χ1) is 12.8. The molecule has 126 valence electrons. The highest BCUT2D eigenvalue weighted by Gasteiger charge is 2.13. The van der Waals surface area contributed by atoms with E-state index in [0.29, 0.717) is 30.4 Å². The first-order valence-electron chi connectivity index (χ1n) is 8.10. The lowest BCUT2D eigenvalue weighted by Crippen LogP contribution is -1.91. The average molecular weight is 342 g/mol. The number of benzene rings is 2. The summed E-state index contributed by atoms with van der Waals surface area (Å²) in [7, 11) is 0. The summed E-state index contributed by atoms with van der Waals surface area (Å²) < 4.78 is 10.9. The van der Waals surface area contributed by atoms with Crippen LogP contribution in [0, 0.1) is 11.3 Å². The first-order valence-corrected chi connectivity index (χ1v) is 8.10. The largest absolute Gasteiger partial charge is 0.444 e. The summed E-state index contributed by atoms with van der Waals surface area (Å²) >= 11 is 0. The van der Waals surface area contributed by atoms with Gasteiger partial charge in [-0.25, -0.2) is 4.98 Å². The zero-order chi connectivity index (χ0) is 17.8. The summed E-state index contributed by atoms with van der Waals surface area (Å²) in [6, 6.07) is 19.3. The van der Waals surface area contributed by atoms with E-state index in [4.69, 9.17) is 14.2 Å². The second kappa shape index (κ2) is 7.03. The van der Waals surface area contributed by atoms with Crippen molar-refractivity contribution in [3.05, 3.63) is 77.9 Å². The number of oxazole rings is 1. The highest BCUT2D eigenvalue weighted by atomic mass is 16.5. The fourth-order valence-electron chi connectivity index (χ4n) is 2.61.